The maximum Gasteiger partial charge on any atom is 0.287 e. The fourth-order valence-corrected chi connectivity index (χ4v) is 2.13. The van der Waals surface area contributed by atoms with E-state index in [1.807, 2.05) is 18.2 Å². The van der Waals surface area contributed by atoms with Crippen LogP contribution in [-0.4, -0.2) is 29.9 Å². The molecule has 6 nitrogen and oxygen atoms in total. The van der Waals surface area contributed by atoms with E-state index < -0.39 is 0 Å². The molecule has 0 fully saturated rings. The number of carbonyl (C=O) groups is 2. The topological polar surface area (TPSA) is 84.2 Å². The first-order valence-corrected chi connectivity index (χ1v) is 7.19. The number of amides is 2. The molecule has 2 aromatic heterocycles. The van der Waals surface area contributed by atoms with Gasteiger partial charge in [0.25, 0.3) is 11.8 Å². The Hall–Kier alpha value is -3.15. The Labute approximate surface area is 132 Å². The van der Waals surface area contributed by atoms with Crippen LogP contribution in [0.15, 0.2) is 59.3 Å². The average molecular weight is 309 g/mol. The number of benzene rings is 1. The third-order valence-corrected chi connectivity index (χ3v) is 3.27. The molecule has 0 aliphatic heterocycles. The molecule has 0 aliphatic rings. The summed E-state index contributed by atoms with van der Waals surface area (Å²) in [5.41, 5.74) is 1.15. The number of hydrogen-bond acceptors (Lipinski definition) is 4. The second kappa shape index (κ2) is 6.74. The van der Waals surface area contributed by atoms with Crippen LogP contribution in [0.3, 0.4) is 0 Å². The van der Waals surface area contributed by atoms with Gasteiger partial charge in [0.05, 0.1) is 5.56 Å². The van der Waals surface area contributed by atoms with Crippen molar-refractivity contribution in [2.75, 3.05) is 13.1 Å². The molecule has 0 saturated carbocycles. The number of furan rings is 1. The molecule has 0 atom stereocenters. The molecule has 0 saturated heterocycles. The van der Waals surface area contributed by atoms with E-state index in [1.165, 1.54) is 6.20 Å². The molecule has 3 rings (SSSR count). The van der Waals surface area contributed by atoms with Crippen molar-refractivity contribution in [3.63, 3.8) is 0 Å². The summed E-state index contributed by atoms with van der Waals surface area (Å²) < 4.78 is 5.47. The van der Waals surface area contributed by atoms with Crippen LogP contribution >= 0.6 is 0 Å². The van der Waals surface area contributed by atoms with Gasteiger partial charge in [0, 0.05) is 30.9 Å². The summed E-state index contributed by atoms with van der Waals surface area (Å²) >= 11 is 0. The van der Waals surface area contributed by atoms with Gasteiger partial charge in [0.2, 0.25) is 0 Å². The molecular formula is C17H15N3O3. The number of aromatic nitrogens is 1. The Morgan fingerprint density at radius 3 is 2.52 bits per heavy atom. The quantitative estimate of drug-likeness (QED) is 0.706. The highest BCUT2D eigenvalue weighted by molar-refractivity contribution is 5.96. The molecule has 116 valence electrons. The minimum absolute atomic E-state index is 0.226. The smallest absolute Gasteiger partial charge is 0.287 e. The number of pyridine rings is 1. The van der Waals surface area contributed by atoms with Crippen LogP contribution in [-0.2, 0) is 0 Å². The van der Waals surface area contributed by atoms with Crippen LogP contribution in [0, 0.1) is 0 Å². The minimum atomic E-state index is -0.308. The summed E-state index contributed by atoms with van der Waals surface area (Å²) in [5, 5.41) is 6.29. The van der Waals surface area contributed by atoms with Crippen molar-refractivity contribution >= 4 is 22.8 Å². The maximum absolute atomic E-state index is 12.0. The van der Waals surface area contributed by atoms with E-state index in [0.29, 0.717) is 24.2 Å². The summed E-state index contributed by atoms with van der Waals surface area (Å²) in [7, 11) is 0. The number of fused-ring (bicyclic) bond motifs is 1. The first kappa shape index (κ1) is 14.8. The molecule has 0 aliphatic carbocycles. The third kappa shape index (κ3) is 3.55. The van der Waals surface area contributed by atoms with Crippen molar-refractivity contribution < 1.29 is 14.0 Å². The second-order valence-electron chi connectivity index (χ2n) is 4.90. The molecule has 2 amide bonds. The zero-order valence-corrected chi connectivity index (χ0v) is 12.3. The van der Waals surface area contributed by atoms with Crippen molar-refractivity contribution in [1.29, 1.82) is 0 Å². The van der Waals surface area contributed by atoms with E-state index in [9.17, 15) is 9.59 Å². The van der Waals surface area contributed by atoms with Gasteiger partial charge in [-0.05, 0) is 24.3 Å². The molecule has 0 spiro atoms. The summed E-state index contributed by atoms with van der Waals surface area (Å²) in [6.07, 6.45) is 3.09. The van der Waals surface area contributed by atoms with E-state index >= 15 is 0 Å². The SMILES string of the molecule is O=C(NCCNC(=O)c1cc2ccccc2o1)c1cccnc1. The molecule has 23 heavy (non-hydrogen) atoms. The Kier molecular flexibility index (Phi) is 4.33. The summed E-state index contributed by atoms with van der Waals surface area (Å²) in [4.78, 5) is 27.7. The zero-order valence-electron chi connectivity index (χ0n) is 12.3. The van der Waals surface area contributed by atoms with Gasteiger partial charge in [-0.1, -0.05) is 18.2 Å². The molecule has 2 heterocycles. The summed E-state index contributed by atoms with van der Waals surface area (Å²) in [6.45, 7) is 0.627. The number of para-hydroxylation sites is 1. The van der Waals surface area contributed by atoms with Crippen molar-refractivity contribution in [2.45, 2.75) is 0 Å². The van der Waals surface area contributed by atoms with Gasteiger partial charge in [0.15, 0.2) is 5.76 Å². The van der Waals surface area contributed by atoms with Crippen molar-refractivity contribution in [2.24, 2.45) is 0 Å². The Morgan fingerprint density at radius 2 is 1.78 bits per heavy atom. The molecular weight excluding hydrogens is 294 g/mol. The van der Waals surface area contributed by atoms with Crippen molar-refractivity contribution in [3.05, 3.63) is 66.2 Å². The molecule has 1 aromatic carbocycles. The number of rotatable bonds is 5. The molecule has 0 bridgehead atoms. The lowest BCUT2D eigenvalue weighted by Crippen LogP contribution is -2.34. The van der Waals surface area contributed by atoms with E-state index in [2.05, 4.69) is 15.6 Å². The van der Waals surface area contributed by atoms with Gasteiger partial charge >= 0.3 is 0 Å². The predicted molar refractivity (Wildman–Crippen MR) is 85.1 cm³/mol. The van der Waals surface area contributed by atoms with E-state index in [-0.39, 0.29) is 17.6 Å². The fourth-order valence-electron chi connectivity index (χ4n) is 2.13. The van der Waals surface area contributed by atoms with Gasteiger partial charge < -0.3 is 15.1 Å². The predicted octanol–water partition coefficient (Wildman–Crippen LogP) is 1.99. The molecule has 0 unspecified atom stereocenters. The van der Waals surface area contributed by atoms with Crippen LogP contribution in [0.5, 0.6) is 0 Å². The van der Waals surface area contributed by atoms with E-state index in [4.69, 9.17) is 4.42 Å². The highest BCUT2D eigenvalue weighted by Crippen LogP contribution is 2.18. The lowest BCUT2D eigenvalue weighted by molar-refractivity contribution is 0.0912. The highest BCUT2D eigenvalue weighted by atomic mass is 16.3. The van der Waals surface area contributed by atoms with Gasteiger partial charge in [-0.2, -0.15) is 0 Å². The molecule has 0 radical (unpaired) electrons. The first-order chi connectivity index (χ1) is 11.2. The number of hydrogen-bond donors (Lipinski definition) is 2. The van der Waals surface area contributed by atoms with Gasteiger partial charge in [-0.25, -0.2) is 0 Å². The van der Waals surface area contributed by atoms with Crippen LogP contribution < -0.4 is 10.6 Å². The third-order valence-electron chi connectivity index (χ3n) is 3.27. The summed E-state index contributed by atoms with van der Waals surface area (Å²) in [6, 6.07) is 12.5. The van der Waals surface area contributed by atoms with Crippen molar-refractivity contribution in [3.8, 4) is 0 Å². The van der Waals surface area contributed by atoms with Gasteiger partial charge in [0.1, 0.15) is 5.58 Å². The highest BCUT2D eigenvalue weighted by Gasteiger charge is 2.11. The van der Waals surface area contributed by atoms with Crippen molar-refractivity contribution in [1.82, 2.24) is 15.6 Å². The minimum Gasteiger partial charge on any atom is -0.451 e. The van der Waals surface area contributed by atoms with Gasteiger partial charge in [-0.3, -0.25) is 14.6 Å². The van der Waals surface area contributed by atoms with E-state index in [0.717, 1.165) is 5.39 Å². The second-order valence-corrected chi connectivity index (χ2v) is 4.90. The maximum atomic E-state index is 12.0. The van der Waals surface area contributed by atoms with Crippen LogP contribution in [0.25, 0.3) is 11.0 Å². The largest absolute Gasteiger partial charge is 0.451 e. The number of nitrogens with one attached hydrogen (secondary N) is 2. The Bertz CT molecular complexity index is 794. The molecule has 3 aromatic rings. The monoisotopic (exact) mass is 309 g/mol. The lowest BCUT2D eigenvalue weighted by atomic mass is 10.2. The lowest BCUT2D eigenvalue weighted by Gasteiger charge is -2.05. The van der Waals surface area contributed by atoms with Crippen LogP contribution in [0.4, 0.5) is 0 Å². The Balaban J connectivity index is 1.49. The zero-order chi connectivity index (χ0) is 16.1. The first-order valence-electron chi connectivity index (χ1n) is 7.19. The summed E-state index contributed by atoms with van der Waals surface area (Å²) in [5.74, 6) is -0.280. The number of carbonyl (C=O) groups excluding carboxylic acids is 2. The van der Waals surface area contributed by atoms with Gasteiger partial charge in [-0.15, -0.1) is 0 Å². The van der Waals surface area contributed by atoms with Crippen LogP contribution in [0.1, 0.15) is 20.9 Å². The average Bonchev–Trinajstić information content (AvgIpc) is 3.03. The van der Waals surface area contributed by atoms with E-state index in [1.54, 1.807) is 30.5 Å². The van der Waals surface area contributed by atoms with Crippen LogP contribution in [0.2, 0.25) is 0 Å². The fraction of sp³-hybridized carbons (Fsp3) is 0.118. The molecule has 2 N–H and O–H groups in total. The normalized spacial score (nSPS) is 10.4. The Morgan fingerprint density at radius 1 is 1.00 bits per heavy atom. The molecule has 6 heteroatoms. The standard InChI is InChI=1S/C17H15N3O3/c21-16(13-5-3-7-18-11-13)19-8-9-20-17(22)15-10-12-4-1-2-6-14(12)23-15/h1-7,10-11H,8-9H2,(H,19,21)(H,20,22). The number of nitrogens with zero attached hydrogens (tertiary/aromatic N) is 1.